The molecule has 0 aliphatic rings. The molecular weight excluding hydrogens is 343 g/mol. The molecule has 0 aliphatic carbocycles. The fraction of sp³-hybridized carbons (Fsp3) is 0.190. The standard InChI is InChI=1S/C21H19FN4O/c1-4-24-19(14-8-6-5-7-9-14)20(27-3)13(2)21-25-17-10-15(12-23)16(22)11-18(17)26-21/h5-11H,4H2,1-3H3,(H,25,26)/b20-13-,24-19-. The van der Waals surface area contributed by atoms with E-state index in [2.05, 4.69) is 15.0 Å². The van der Waals surface area contributed by atoms with Crippen molar-refractivity contribution in [2.24, 2.45) is 4.99 Å². The minimum absolute atomic E-state index is 0.0242. The van der Waals surface area contributed by atoms with Gasteiger partial charge in [0.05, 0.1) is 23.7 Å². The second kappa shape index (κ2) is 7.83. The van der Waals surface area contributed by atoms with E-state index in [9.17, 15) is 4.39 Å². The average Bonchev–Trinajstić information content (AvgIpc) is 3.10. The Morgan fingerprint density at radius 1 is 1.30 bits per heavy atom. The molecule has 1 N–H and O–H groups in total. The number of benzene rings is 2. The van der Waals surface area contributed by atoms with Gasteiger partial charge in [-0.3, -0.25) is 4.99 Å². The number of allylic oxidation sites excluding steroid dienone is 2. The monoisotopic (exact) mass is 362 g/mol. The van der Waals surface area contributed by atoms with Gasteiger partial charge in [0.15, 0.2) is 5.76 Å². The van der Waals surface area contributed by atoms with Crippen molar-refractivity contribution in [1.82, 2.24) is 9.97 Å². The first-order valence-corrected chi connectivity index (χ1v) is 8.53. The number of ether oxygens (including phenoxy) is 1. The Labute approximate surface area is 156 Å². The summed E-state index contributed by atoms with van der Waals surface area (Å²) in [7, 11) is 1.59. The van der Waals surface area contributed by atoms with Gasteiger partial charge < -0.3 is 9.72 Å². The Morgan fingerprint density at radius 2 is 2.04 bits per heavy atom. The normalized spacial score (nSPS) is 12.6. The molecule has 1 heterocycles. The maximum atomic E-state index is 13.9. The molecule has 0 amide bonds. The van der Waals surface area contributed by atoms with Crippen LogP contribution in [-0.4, -0.2) is 29.3 Å². The number of H-pyrrole nitrogens is 1. The summed E-state index contributed by atoms with van der Waals surface area (Å²) in [4.78, 5) is 12.2. The number of halogens is 1. The van der Waals surface area contributed by atoms with E-state index < -0.39 is 5.82 Å². The summed E-state index contributed by atoms with van der Waals surface area (Å²) < 4.78 is 19.5. The number of nitriles is 1. The van der Waals surface area contributed by atoms with Crippen LogP contribution >= 0.6 is 0 Å². The first-order valence-electron chi connectivity index (χ1n) is 8.53. The van der Waals surface area contributed by atoms with E-state index in [4.69, 9.17) is 10.00 Å². The Morgan fingerprint density at radius 3 is 2.67 bits per heavy atom. The van der Waals surface area contributed by atoms with Crippen molar-refractivity contribution in [3.05, 3.63) is 71.0 Å². The zero-order chi connectivity index (χ0) is 19.4. The summed E-state index contributed by atoms with van der Waals surface area (Å²) in [5, 5.41) is 9.01. The molecular formula is C21H19FN4O. The molecule has 3 rings (SSSR count). The maximum Gasteiger partial charge on any atom is 0.151 e. The summed E-state index contributed by atoms with van der Waals surface area (Å²) in [6, 6.07) is 14.3. The van der Waals surface area contributed by atoms with Gasteiger partial charge in [0.25, 0.3) is 0 Å². The number of methoxy groups -OCH3 is 1. The van der Waals surface area contributed by atoms with Crippen molar-refractivity contribution in [1.29, 1.82) is 5.26 Å². The number of nitrogens with zero attached hydrogens (tertiary/aromatic N) is 3. The van der Waals surface area contributed by atoms with Gasteiger partial charge in [-0.05, 0) is 19.9 Å². The summed E-state index contributed by atoms with van der Waals surface area (Å²) >= 11 is 0. The molecule has 0 spiro atoms. The minimum atomic E-state index is -0.589. The van der Waals surface area contributed by atoms with Crippen molar-refractivity contribution in [2.45, 2.75) is 13.8 Å². The molecule has 2 aromatic carbocycles. The van der Waals surface area contributed by atoms with Gasteiger partial charge >= 0.3 is 0 Å². The fourth-order valence-electron chi connectivity index (χ4n) is 2.88. The van der Waals surface area contributed by atoms with Gasteiger partial charge in [-0.2, -0.15) is 5.26 Å². The number of hydrogen-bond acceptors (Lipinski definition) is 4. The van der Waals surface area contributed by atoms with Crippen LogP contribution < -0.4 is 0 Å². The van der Waals surface area contributed by atoms with E-state index >= 15 is 0 Å². The van der Waals surface area contributed by atoms with Crippen molar-refractivity contribution in [3.8, 4) is 6.07 Å². The lowest BCUT2D eigenvalue weighted by molar-refractivity contribution is 0.316. The molecule has 0 saturated heterocycles. The van der Waals surface area contributed by atoms with Crippen LogP contribution in [-0.2, 0) is 4.74 Å². The molecule has 0 aliphatic heterocycles. The highest BCUT2D eigenvalue weighted by molar-refractivity contribution is 6.15. The Hall–Kier alpha value is -3.46. The van der Waals surface area contributed by atoms with Gasteiger partial charge in [0.1, 0.15) is 23.4 Å². The van der Waals surface area contributed by atoms with Gasteiger partial charge in [0, 0.05) is 23.7 Å². The second-order valence-electron chi connectivity index (χ2n) is 5.89. The Kier molecular flexibility index (Phi) is 5.32. The lowest BCUT2D eigenvalue weighted by Gasteiger charge is -2.13. The van der Waals surface area contributed by atoms with Crippen molar-refractivity contribution < 1.29 is 9.13 Å². The van der Waals surface area contributed by atoms with Gasteiger partial charge in [-0.25, -0.2) is 9.37 Å². The molecule has 0 bridgehead atoms. The molecule has 27 heavy (non-hydrogen) atoms. The molecule has 3 aromatic rings. The summed E-state index contributed by atoms with van der Waals surface area (Å²) in [5.41, 5.74) is 3.41. The molecule has 0 fully saturated rings. The van der Waals surface area contributed by atoms with E-state index in [0.29, 0.717) is 29.2 Å². The van der Waals surface area contributed by atoms with E-state index in [1.807, 2.05) is 50.2 Å². The third kappa shape index (κ3) is 3.58. The molecule has 5 nitrogen and oxygen atoms in total. The van der Waals surface area contributed by atoms with Crippen LogP contribution in [0.4, 0.5) is 4.39 Å². The number of hydrogen-bond donors (Lipinski definition) is 1. The third-order valence-electron chi connectivity index (χ3n) is 4.17. The van der Waals surface area contributed by atoms with Crippen LogP contribution in [0.3, 0.4) is 0 Å². The molecule has 0 unspecified atom stereocenters. The van der Waals surface area contributed by atoms with Crippen molar-refractivity contribution in [3.63, 3.8) is 0 Å². The highest BCUT2D eigenvalue weighted by Gasteiger charge is 2.18. The second-order valence-corrected chi connectivity index (χ2v) is 5.89. The van der Waals surface area contributed by atoms with Crippen LogP contribution in [0.1, 0.15) is 30.8 Å². The first kappa shape index (κ1) is 18.3. The van der Waals surface area contributed by atoms with Crippen molar-refractivity contribution in [2.75, 3.05) is 13.7 Å². The summed E-state index contributed by atoms with van der Waals surface area (Å²) in [6.07, 6.45) is 0. The van der Waals surface area contributed by atoms with Gasteiger partial charge in [-0.15, -0.1) is 0 Å². The largest absolute Gasteiger partial charge is 0.494 e. The van der Waals surface area contributed by atoms with Gasteiger partial charge in [-0.1, -0.05) is 30.3 Å². The molecule has 0 atom stereocenters. The third-order valence-corrected chi connectivity index (χ3v) is 4.17. The number of imidazole rings is 1. The molecule has 136 valence electrons. The topological polar surface area (TPSA) is 74.1 Å². The van der Waals surface area contributed by atoms with Crippen LogP contribution in [0, 0.1) is 17.1 Å². The van der Waals surface area contributed by atoms with E-state index in [-0.39, 0.29) is 5.56 Å². The number of aliphatic imine (C=N–C) groups is 1. The Balaban J connectivity index is 2.15. The van der Waals surface area contributed by atoms with E-state index in [0.717, 1.165) is 16.8 Å². The van der Waals surface area contributed by atoms with E-state index in [1.54, 1.807) is 7.11 Å². The predicted molar refractivity (Wildman–Crippen MR) is 104 cm³/mol. The predicted octanol–water partition coefficient (Wildman–Crippen LogP) is 4.46. The number of aromatic nitrogens is 2. The molecule has 1 aromatic heterocycles. The number of rotatable bonds is 5. The average molecular weight is 362 g/mol. The quantitative estimate of drug-likeness (QED) is 0.538. The molecule has 0 saturated carbocycles. The maximum absolute atomic E-state index is 13.9. The highest BCUT2D eigenvalue weighted by atomic mass is 19.1. The fourth-order valence-corrected chi connectivity index (χ4v) is 2.88. The summed E-state index contributed by atoms with van der Waals surface area (Å²) in [5.74, 6) is 0.535. The van der Waals surface area contributed by atoms with Gasteiger partial charge in [0.2, 0.25) is 0 Å². The first-order chi connectivity index (χ1) is 13.1. The number of fused-ring (bicyclic) bond motifs is 1. The minimum Gasteiger partial charge on any atom is -0.494 e. The molecule has 6 heteroatoms. The Bertz CT molecular complexity index is 1070. The van der Waals surface area contributed by atoms with Crippen molar-refractivity contribution >= 4 is 22.3 Å². The highest BCUT2D eigenvalue weighted by Crippen LogP contribution is 2.24. The number of aromatic amines is 1. The zero-order valence-electron chi connectivity index (χ0n) is 15.4. The van der Waals surface area contributed by atoms with Crippen LogP contribution in [0.25, 0.3) is 16.6 Å². The van der Waals surface area contributed by atoms with Crippen LogP contribution in [0.15, 0.2) is 53.2 Å². The smallest absolute Gasteiger partial charge is 0.151 e. The molecule has 0 radical (unpaired) electrons. The lowest BCUT2D eigenvalue weighted by atomic mass is 10.0. The number of nitrogens with one attached hydrogen (secondary N) is 1. The summed E-state index contributed by atoms with van der Waals surface area (Å²) in [6.45, 7) is 4.42. The SMILES string of the molecule is CC/N=C(\C(OC)=C(/C)c1nc2cc(F)c(C#N)cc2[nH]1)c1ccccc1. The zero-order valence-corrected chi connectivity index (χ0v) is 15.4. The van der Waals surface area contributed by atoms with Crippen LogP contribution in [0.2, 0.25) is 0 Å². The van der Waals surface area contributed by atoms with Crippen LogP contribution in [0.5, 0.6) is 0 Å². The van der Waals surface area contributed by atoms with E-state index in [1.165, 1.54) is 12.1 Å². The lowest BCUT2D eigenvalue weighted by Crippen LogP contribution is -2.10.